The van der Waals surface area contributed by atoms with Crippen LogP contribution in [0, 0.1) is 0 Å². The molecule has 1 aliphatic rings. The summed E-state index contributed by atoms with van der Waals surface area (Å²) in [6.45, 7) is 0. The van der Waals surface area contributed by atoms with Crippen LogP contribution in [0.3, 0.4) is 0 Å². The van der Waals surface area contributed by atoms with E-state index >= 15 is 0 Å². The fourth-order valence-electron chi connectivity index (χ4n) is 3.34. The van der Waals surface area contributed by atoms with Crippen LogP contribution < -0.4 is 10.6 Å². The van der Waals surface area contributed by atoms with Crippen molar-refractivity contribution >= 4 is 29.0 Å². The first-order valence-corrected chi connectivity index (χ1v) is 9.45. The molecule has 2 aromatic heterocycles. The number of alkyl halides is 6. The summed E-state index contributed by atoms with van der Waals surface area (Å²) in [5.74, 6) is -0.848. The summed E-state index contributed by atoms with van der Waals surface area (Å²) in [6.07, 6.45) is -8.47. The number of amides is 1. The maximum atomic E-state index is 13.7. The van der Waals surface area contributed by atoms with Crippen LogP contribution in [-0.4, -0.2) is 21.9 Å². The molecule has 3 heterocycles. The highest BCUT2D eigenvalue weighted by molar-refractivity contribution is 6.33. The van der Waals surface area contributed by atoms with Gasteiger partial charge in [-0.3, -0.25) is 4.79 Å². The molecule has 32 heavy (non-hydrogen) atoms. The molecule has 4 rings (SSSR count). The van der Waals surface area contributed by atoms with Gasteiger partial charge in [-0.05, 0) is 30.3 Å². The van der Waals surface area contributed by atoms with Gasteiger partial charge in [-0.2, -0.15) is 31.4 Å². The highest BCUT2D eigenvalue weighted by atomic mass is 35.5. The number of rotatable bonds is 3. The number of carbonyl (C=O) groups is 1. The van der Waals surface area contributed by atoms with Gasteiger partial charge >= 0.3 is 12.4 Å². The van der Waals surface area contributed by atoms with Crippen LogP contribution in [0.2, 0.25) is 5.02 Å². The minimum absolute atomic E-state index is 0.0970. The molecule has 1 aliphatic heterocycles. The number of halogens is 7. The van der Waals surface area contributed by atoms with Gasteiger partial charge in [-0.1, -0.05) is 11.6 Å². The standard InChI is InChI=1S/C19H13ClF6N4O2/c20-10-4-3-9(18(21,22)23)6-11(10)28-17(31)13-8-16-27-12(14-2-1-5-32-14)7-15(19(24,25)26)30(16)29-13/h1-6,8,12,15,27H,7H2,(H,28,31)/t12-,15-/m0/s1. The quantitative estimate of drug-likeness (QED) is 0.449. The van der Waals surface area contributed by atoms with E-state index < -0.39 is 48.0 Å². The van der Waals surface area contributed by atoms with Crippen LogP contribution in [-0.2, 0) is 6.18 Å². The van der Waals surface area contributed by atoms with Crippen molar-refractivity contribution in [2.75, 3.05) is 10.6 Å². The first-order valence-electron chi connectivity index (χ1n) is 9.08. The number of nitrogens with one attached hydrogen (secondary N) is 2. The Morgan fingerprint density at radius 1 is 1.19 bits per heavy atom. The van der Waals surface area contributed by atoms with Gasteiger partial charge in [0.25, 0.3) is 5.91 Å². The average molecular weight is 479 g/mol. The van der Waals surface area contributed by atoms with Crippen molar-refractivity contribution in [3.05, 3.63) is 64.7 Å². The van der Waals surface area contributed by atoms with E-state index in [1.165, 1.54) is 18.4 Å². The van der Waals surface area contributed by atoms with Gasteiger partial charge in [0.05, 0.1) is 28.6 Å². The molecule has 0 fully saturated rings. The lowest BCUT2D eigenvalue weighted by molar-refractivity contribution is -0.174. The Kier molecular flexibility index (Phi) is 5.35. The minimum Gasteiger partial charge on any atom is -0.467 e. The van der Waals surface area contributed by atoms with Gasteiger partial charge in [-0.25, -0.2) is 4.68 Å². The third-order valence-corrected chi connectivity index (χ3v) is 5.18. The molecular formula is C19H13ClF6N4O2. The second-order valence-electron chi connectivity index (χ2n) is 7.01. The number of hydrogen-bond acceptors (Lipinski definition) is 4. The third-order valence-electron chi connectivity index (χ3n) is 4.85. The molecule has 1 amide bonds. The molecular weight excluding hydrogens is 466 g/mol. The van der Waals surface area contributed by atoms with E-state index in [4.69, 9.17) is 16.0 Å². The topological polar surface area (TPSA) is 72.1 Å². The normalized spacial score (nSPS) is 18.7. The molecule has 0 saturated carbocycles. The zero-order valence-corrected chi connectivity index (χ0v) is 16.5. The summed E-state index contributed by atoms with van der Waals surface area (Å²) in [6, 6.07) is 3.56. The van der Waals surface area contributed by atoms with Crippen molar-refractivity contribution in [3.63, 3.8) is 0 Å². The molecule has 170 valence electrons. The highest BCUT2D eigenvalue weighted by Crippen LogP contribution is 2.43. The number of anilines is 2. The summed E-state index contributed by atoms with van der Waals surface area (Å²) in [5.41, 5.74) is -1.84. The Morgan fingerprint density at radius 3 is 2.56 bits per heavy atom. The van der Waals surface area contributed by atoms with E-state index in [1.807, 2.05) is 0 Å². The molecule has 2 atom stereocenters. The second-order valence-corrected chi connectivity index (χ2v) is 7.42. The average Bonchev–Trinajstić information content (AvgIpc) is 3.36. The van der Waals surface area contributed by atoms with E-state index in [0.29, 0.717) is 10.7 Å². The fraction of sp³-hybridized carbons (Fsp3) is 0.263. The lowest BCUT2D eigenvalue weighted by Gasteiger charge is -2.32. The van der Waals surface area contributed by atoms with Crippen molar-refractivity contribution < 1.29 is 35.6 Å². The Bertz CT molecular complexity index is 1140. The predicted molar refractivity (Wildman–Crippen MR) is 101 cm³/mol. The number of hydrogen-bond donors (Lipinski definition) is 2. The minimum atomic E-state index is -4.68. The zero-order valence-electron chi connectivity index (χ0n) is 15.8. The largest absolute Gasteiger partial charge is 0.467 e. The van der Waals surface area contributed by atoms with Crippen LogP contribution in [0.1, 0.15) is 40.3 Å². The zero-order chi connectivity index (χ0) is 23.3. The predicted octanol–water partition coefficient (Wildman–Crippen LogP) is 6.06. The number of benzene rings is 1. The maximum Gasteiger partial charge on any atom is 0.416 e. The molecule has 2 N–H and O–H groups in total. The Hall–Kier alpha value is -3.15. The van der Waals surface area contributed by atoms with Crippen LogP contribution in [0.4, 0.5) is 37.8 Å². The van der Waals surface area contributed by atoms with Crippen LogP contribution >= 0.6 is 11.6 Å². The summed E-state index contributed by atoms with van der Waals surface area (Å²) in [4.78, 5) is 12.6. The van der Waals surface area contributed by atoms with Crippen LogP contribution in [0.25, 0.3) is 0 Å². The third kappa shape index (κ3) is 4.27. The van der Waals surface area contributed by atoms with E-state index in [0.717, 1.165) is 18.2 Å². The van der Waals surface area contributed by atoms with Gasteiger partial charge < -0.3 is 15.1 Å². The molecule has 0 aliphatic carbocycles. The van der Waals surface area contributed by atoms with Crippen LogP contribution in [0.5, 0.6) is 0 Å². The number of fused-ring (bicyclic) bond motifs is 1. The Balaban J connectivity index is 1.64. The van der Waals surface area contributed by atoms with E-state index in [1.54, 1.807) is 0 Å². The Labute approximate surface area is 181 Å². The lowest BCUT2D eigenvalue weighted by Crippen LogP contribution is -2.35. The SMILES string of the molecule is O=C(Nc1cc(C(F)(F)F)ccc1Cl)c1cc2n(n1)[C@H](C(F)(F)F)C[C@@H](c1ccco1)N2. The number of aromatic nitrogens is 2. The number of nitrogens with zero attached hydrogens (tertiary/aromatic N) is 2. The second kappa shape index (κ2) is 7.76. The lowest BCUT2D eigenvalue weighted by atomic mass is 10.0. The first kappa shape index (κ1) is 22.1. The first-order chi connectivity index (χ1) is 14.9. The van der Waals surface area contributed by atoms with Crippen molar-refractivity contribution in [2.45, 2.75) is 30.9 Å². The molecule has 3 aromatic rings. The molecule has 6 nitrogen and oxygen atoms in total. The van der Waals surface area contributed by atoms with E-state index in [-0.39, 0.29) is 22.3 Å². The van der Waals surface area contributed by atoms with Crippen molar-refractivity contribution in [2.24, 2.45) is 0 Å². The smallest absolute Gasteiger partial charge is 0.416 e. The van der Waals surface area contributed by atoms with Gasteiger partial charge in [0.2, 0.25) is 0 Å². The summed E-state index contributed by atoms with van der Waals surface area (Å²) in [7, 11) is 0. The fourth-order valence-corrected chi connectivity index (χ4v) is 3.51. The maximum absolute atomic E-state index is 13.7. The number of furan rings is 1. The van der Waals surface area contributed by atoms with Gasteiger partial charge in [0.15, 0.2) is 11.7 Å². The van der Waals surface area contributed by atoms with Crippen molar-refractivity contribution in [3.8, 4) is 0 Å². The molecule has 13 heteroatoms. The van der Waals surface area contributed by atoms with Crippen LogP contribution in [0.15, 0.2) is 47.1 Å². The highest BCUT2D eigenvalue weighted by Gasteiger charge is 2.47. The molecule has 0 saturated heterocycles. The molecule has 0 unspecified atom stereocenters. The van der Waals surface area contributed by atoms with Crippen molar-refractivity contribution in [1.82, 2.24) is 9.78 Å². The molecule has 1 aromatic carbocycles. The molecule has 0 radical (unpaired) electrons. The van der Waals surface area contributed by atoms with Gasteiger partial charge in [0, 0.05) is 12.5 Å². The molecule has 0 spiro atoms. The van der Waals surface area contributed by atoms with E-state index in [2.05, 4.69) is 15.7 Å². The summed E-state index contributed by atoms with van der Waals surface area (Å²) in [5, 5.41) is 8.56. The summed E-state index contributed by atoms with van der Waals surface area (Å²) < 4.78 is 85.6. The monoisotopic (exact) mass is 478 g/mol. The Morgan fingerprint density at radius 2 is 1.94 bits per heavy atom. The van der Waals surface area contributed by atoms with Crippen molar-refractivity contribution in [1.29, 1.82) is 0 Å². The summed E-state index contributed by atoms with van der Waals surface area (Å²) >= 11 is 5.86. The number of carbonyl (C=O) groups excluding carboxylic acids is 1. The van der Waals surface area contributed by atoms with Gasteiger partial charge in [-0.15, -0.1) is 0 Å². The van der Waals surface area contributed by atoms with Gasteiger partial charge in [0.1, 0.15) is 11.6 Å². The van der Waals surface area contributed by atoms with E-state index in [9.17, 15) is 31.1 Å². The molecule has 0 bridgehead atoms.